The number of fused-ring (bicyclic) bond motifs is 1. The number of rotatable bonds is 4. The molecule has 0 fully saturated rings. The quantitative estimate of drug-likeness (QED) is 0.786. The zero-order valence-corrected chi connectivity index (χ0v) is 13.7. The van der Waals surface area contributed by atoms with Crippen molar-refractivity contribution in [3.05, 3.63) is 54.1 Å². The molecule has 0 unspecified atom stereocenters. The molecule has 7 nitrogen and oxygen atoms in total. The van der Waals surface area contributed by atoms with Crippen LogP contribution in [0.2, 0.25) is 0 Å². The van der Waals surface area contributed by atoms with E-state index in [9.17, 15) is 14.0 Å². The molecule has 0 aliphatic heterocycles. The minimum atomic E-state index is -0.486. The van der Waals surface area contributed by atoms with Gasteiger partial charge in [0, 0.05) is 25.2 Å². The summed E-state index contributed by atoms with van der Waals surface area (Å²) >= 11 is 0. The number of aromatic nitrogens is 3. The first-order valence-corrected chi connectivity index (χ1v) is 7.54. The van der Waals surface area contributed by atoms with Crippen molar-refractivity contribution in [2.75, 3.05) is 19.4 Å². The molecule has 1 N–H and O–H groups in total. The summed E-state index contributed by atoms with van der Waals surface area (Å²) in [7, 11) is 3.26. The number of carbonyl (C=O) groups is 2. The molecular formula is C17H16FN5O2. The molecule has 1 heterocycles. The normalized spacial score (nSPS) is 10.7. The lowest BCUT2D eigenvalue weighted by Crippen LogP contribution is -2.26. The van der Waals surface area contributed by atoms with Gasteiger partial charge in [-0.05, 0) is 23.6 Å². The van der Waals surface area contributed by atoms with E-state index in [-0.39, 0.29) is 24.0 Å². The number of nitrogens with one attached hydrogen (secondary N) is 1. The Morgan fingerprint density at radius 3 is 2.80 bits per heavy atom. The van der Waals surface area contributed by atoms with Gasteiger partial charge in [0.2, 0.25) is 5.91 Å². The standard InChI is InChI=1S/C17H16FN5O2/c1-22(2)16(24)10-23-9-15(20-21-23)17(25)19-14-5-3-4-11-6-7-12(18)8-13(11)14/h3-9H,10H2,1-2H3,(H,19,25). The highest BCUT2D eigenvalue weighted by atomic mass is 19.1. The molecule has 0 atom stereocenters. The fourth-order valence-electron chi connectivity index (χ4n) is 2.30. The summed E-state index contributed by atoms with van der Waals surface area (Å²) in [5.41, 5.74) is 0.542. The van der Waals surface area contributed by atoms with Crippen LogP contribution >= 0.6 is 0 Å². The lowest BCUT2D eigenvalue weighted by atomic mass is 10.1. The van der Waals surface area contributed by atoms with Crippen LogP contribution in [-0.2, 0) is 11.3 Å². The maximum absolute atomic E-state index is 13.5. The zero-order valence-electron chi connectivity index (χ0n) is 13.7. The molecular weight excluding hydrogens is 325 g/mol. The Labute approximate surface area is 143 Å². The lowest BCUT2D eigenvalue weighted by molar-refractivity contribution is -0.129. The Morgan fingerprint density at radius 2 is 2.04 bits per heavy atom. The number of likely N-dealkylation sites (N-methyl/N-ethyl adjacent to an activating group) is 1. The summed E-state index contributed by atoms with van der Waals surface area (Å²) in [4.78, 5) is 25.4. The largest absolute Gasteiger partial charge is 0.347 e. The van der Waals surface area contributed by atoms with Crippen LogP contribution < -0.4 is 5.32 Å². The minimum Gasteiger partial charge on any atom is -0.347 e. The molecule has 2 aromatic carbocycles. The third-order valence-corrected chi connectivity index (χ3v) is 3.66. The number of halogens is 1. The molecule has 25 heavy (non-hydrogen) atoms. The van der Waals surface area contributed by atoms with Crippen LogP contribution in [0.1, 0.15) is 10.5 Å². The van der Waals surface area contributed by atoms with E-state index in [0.717, 1.165) is 5.39 Å². The van der Waals surface area contributed by atoms with Gasteiger partial charge < -0.3 is 10.2 Å². The highest BCUT2D eigenvalue weighted by molar-refractivity contribution is 6.08. The SMILES string of the molecule is CN(C)C(=O)Cn1cc(C(=O)Nc2cccc3ccc(F)cc23)nn1. The second kappa shape index (κ2) is 6.68. The van der Waals surface area contributed by atoms with Gasteiger partial charge in [0.25, 0.3) is 5.91 Å². The molecule has 0 saturated heterocycles. The van der Waals surface area contributed by atoms with Gasteiger partial charge in [-0.1, -0.05) is 23.4 Å². The predicted molar refractivity (Wildman–Crippen MR) is 90.6 cm³/mol. The van der Waals surface area contributed by atoms with E-state index in [0.29, 0.717) is 11.1 Å². The Hall–Kier alpha value is -3.29. The van der Waals surface area contributed by atoms with Crippen molar-refractivity contribution in [1.82, 2.24) is 19.9 Å². The third kappa shape index (κ3) is 3.63. The van der Waals surface area contributed by atoms with Crippen LogP contribution in [0.5, 0.6) is 0 Å². The molecule has 0 aliphatic rings. The van der Waals surface area contributed by atoms with E-state index in [4.69, 9.17) is 0 Å². The van der Waals surface area contributed by atoms with Crippen molar-refractivity contribution in [2.45, 2.75) is 6.54 Å². The maximum Gasteiger partial charge on any atom is 0.277 e. The summed E-state index contributed by atoms with van der Waals surface area (Å²) < 4.78 is 14.8. The molecule has 0 radical (unpaired) electrons. The second-order valence-corrected chi connectivity index (χ2v) is 5.71. The first-order valence-electron chi connectivity index (χ1n) is 7.54. The number of carbonyl (C=O) groups excluding carboxylic acids is 2. The first-order chi connectivity index (χ1) is 11.9. The molecule has 0 bridgehead atoms. The summed E-state index contributed by atoms with van der Waals surface area (Å²) in [6.07, 6.45) is 1.39. The number of anilines is 1. The summed E-state index contributed by atoms with van der Waals surface area (Å²) in [5.74, 6) is -1.04. The highest BCUT2D eigenvalue weighted by Crippen LogP contribution is 2.24. The Morgan fingerprint density at radius 1 is 1.24 bits per heavy atom. The average Bonchev–Trinajstić information content (AvgIpc) is 3.04. The van der Waals surface area contributed by atoms with Crippen molar-refractivity contribution in [2.24, 2.45) is 0 Å². The van der Waals surface area contributed by atoms with Crippen LogP contribution in [0, 0.1) is 5.82 Å². The summed E-state index contributed by atoms with van der Waals surface area (Å²) in [5, 5.41) is 11.6. The van der Waals surface area contributed by atoms with Crippen molar-refractivity contribution >= 4 is 28.3 Å². The molecule has 0 aliphatic carbocycles. The molecule has 8 heteroatoms. The van der Waals surface area contributed by atoms with Gasteiger partial charge in [0.05, 0.1) is 6.20 Å². The topological polar surface area (TPSA) is 80.1 Å². The van der Waals surface area contributed by atoms with Gasteiger partial charge in [-0.2, -0.15) is 0 Å². The smallest absolute Gasteiger partial charge is 0.277 e. The Balaban J connectivity index is 1.80. The maximum atomic E-state index is 13.5. The molecule has 3 rings (SSSR count). The number of benzene rings is 2. The predicted octanol–water partition coefficient (Wildman–Crippen LogP) is 1.91. The van der Waals surface area contributed by atoms with E-state index < -0.39 is 5.91 Å². The van der Waals surface area contributed by atoms with Crippen LogP contribution in [0.15, 0.2) is 42.6 Å². The van der Waals surface area contributed by atoms with Gasteiger partial charge in [0.1, 0.15) is 12.4 Å². The number of hydrogen-bond donors (Lipinski definition) is 1. The van der Waals surface area contributed by atoms with E-state index in [2.05, 4.69) is 15.6 Å². The van der Waals surface area contributed by atoms with E-state index >= 15 is 0 Å². The summed E-state index contributed by atoms with van der Waals surface area (Å²) in [6, 6.07) is 9.64. The third-order valence-electron chi connectivity index (χ3n) is 3.66. The zero-order chi connectivity index (χ0) is 18.0. The molecule has 128 valence electrons. The number of amides is 2. The van der Waals surface area contributed by atoms with Gasteiger partial charge in [-0.3, -0.25) is 9.59 Å². The van der Waals surface area contributed by atoms with Crippen LogP contribution in [0.25, 0.3) is 10.8 Å². The molecule has 3 aromatic rings. The van der Waals surface area contributed by atoms with Crippen molar-refractivity contribution < 1.29 is 14.0 Å². The van der Waals surface area contributed by atoms with Gasteiger partial charge >= 0.3 is 0 Å². The van der Waals surface area contributed by atoms with Gasteiger partial charge in [0.15, 0.2) is 5.69 Å². The number of nitrogens with zero attached hydrogens (tertiary/aromatic N) is 4. The average molecular weight is 341 g/mol. The van der Waals surface area contributed by atoms with Gasteiger partial charge in [-0.25, -0.2) is 9.07 Å². The van der Waals surface area contributed by atoms with Crippen LogP contribution in [0.4, 0.5) is 10.1 Å². The number of hydrogen-bond acceptors (Lipinski definition) is 4. The fraction of sp³-hybridized carbons (Fsp3) is 0.176. The van der Waals surface area contributed by atoms with Crippen molar-refractivity contribution in [3.63, 3.8) is 0 Å². The van der Waals surface area contributed by atoms with E-state index in [1.165, 1.54) is 27.9 Å². The molecule has 0 saturated carbocycles. The monoisotopic (exact) mass is 341 g/mol. The molecule has 0 spiro atoms. The second-order valence-electron chi connectivity index (χ2n) is 5.71. The Kier molecular flexibility index (Phi) is 4.42. The Bertz CT molecular complexity index is 951. The van der Waals surface area contributed by atoms with E-state index in [1.54, 1.807) is 32.3 Å². The highest BCUT2D eigenvalue weighted by Gasteiger charge is 2.14. The fourth-order valence-corrected chi connectivity index (χ4v) is 2.30. The first kappa shape index (κ1) is 16.6. The lowest BCUT2D eigenvalue weighted by Gasteiger charge is -2.09. The van der Waals surface area contributed by atoms with Crippen LogP contribution in [-0.4, -0.2) is 45.8 Å². The van der Waals surface area contributed by atoms with Crippen molar-refractivity contribution in [1.29, 1.82) is 0 Å². The minimum absolute atomic E-state index is 0.00718. The molecule has 2 amide bonds. The van der Waals surface area contributed by atoms with Crippen LogP contribution in [0.3, 0.4) is 0 Å². The van der Waals surface area contributed by atoms with E-state index in [1.807, 2.05) is 6.07 Å². The molecule has 1 aromatic heterocycles. The van der Waals surface area contributed by atoms with Gasteiger partial charge in [-0.15, -0.1) is 5.10 Å². The summed E-state index contributed by atoms with van der Waals surface area (Å²) in [6.45, 7) is -0.00718. The van der Waals surface area contributed by atoms with Crippen molar-refractivity contribution in [3.8, 4) is 0 Å².